The topological polar surface area (TPSA) is 85.2 Å². The molecule has 0 saturated carbocycles. The lowest BCUT2D eigenvalue weighted by atomic mass is 10.2. The first-order valence-electron chi connectivity index (χ1n) is 5.61. The van der Waals surface area contributed by atoms with Crippen LogP contribution in [0.15, 0.2) is 33.5 Å². The van der Waals surface area contributed by atoms with Crippen molar-refractivity contribution in [1.29, 1.82) is 0 Å². The molecule has 0 bridgehead atoms. The Morgan fingerprint density at radius 3 is 2.79 bits per heavy atom. The number of aromatic hydroxyl groups is 1. The number of nitrogens with zero attached hydrogens (tertiary/aromatic N) is 2. The van der Waals surface area contributed by atoms with Gasteiger partial charge in [-0.25, -0.2) is 0 Å². The van der Waals surface area contributed by atoms with Gasteiger partial charge in [0.2, 0.25) is 5.82 Å². The van der Waals surface area contributed by atoms with E-state index in [1.807, 2.05) is 17.7 Å². The summed E-state index contributed by atoms with van der Waals surface area (Å²) >= 11 is 1.58. The number of hydrogen-bond acceptors (Lipinski definition) is 6. The van der Waals surface area contributed by atoms with Crippen molar-refractivity contribution < 1.29 is 9.63 Å². The summed E-state index contributed by atoms with van der Waals surface area (Å²) in [6.45, 7) is 1.99. The van der Waals surface area contributed by atoms with Crippen LogP contribution in [0.25, 0.3) is 22.8 Å². The number of nitrogens with two attached hydrogens (primary N) is 1. The Labute approximate surface area is 113 Å². The number of phenolic OH excluding ortho intramolecular Hbond substituents is 1. The first-order valence-corrected chi connectivity index (χ1v) is 6.55. The lowest BCUT2D eigenvalue weighted by molar-refractivity contribution is 0.426. The van der Waals surface area contributed by atoms with E-state index in [2.05, 4.69) is 10.1 Å². The molecule has 0 amide bonds. The van der Waals surface area contributed by atoms with Crippen LogP contribution in [0, 0.1) is 6.92 Å². The van der Waals surface area contributed by atoms with Gasteiger partial charge in [0.15, 0.2) is 0 Å². The summed E-state index contributed by atoms with van der Waals surface area (Å²) in [6.07, 6.45) is 0. The normalized spacial score (nSPS) is 10.8. The molecule has 19 heavy (non-hydrogen) atoms. The molecule has 96 valence electrons. The molecule has 2 heterocycles. The van der Waals surface area contributed by atoms with Crippen molar-refractivity contribution in [1.82, 2.24) is 10.1 Å². The molecule has 6 heteroatoms. The van der Waals surface area contributed by atoms with Crippen LogP contribution in [-0.2, 0) is 0 Å². The van der Waals surface area contributed by atoms with Crippen LogP contribution in [0.4, 0.5) is 5.69 Å². The monoisotopic (exact) mass is 273 g/mol. The van der Waals surface area contributed by atoms with Crippen molar-refractivity contribution in [2.75, 3.05) is 5.73 Å². The molecule has 3 aromatic rings. The summed E-state index contributed by atoms with van der Waals surface area (Å²) in [5, 5.41) is 17.8. The molecule has 3 N–H and O–H groups in total. The van der Waals surface area contributed by atoms with Gasteiger partial charge in [0.25, 0.3) is 5.89 Å². The van der Waals surface area contributed by atoms with Crippen LogP contribution in [-0.4, -0.2) is 15.2 Å². The molecule has 1 aromatic carbocycles. The van der Waals surface area contributed by atoms with E-state index in [1.165, 1.54) is 6.07 Å². The van der Waals surface area contributed by atoms with Gasteiger partial charge >= 0.3 is 0 Å². The standard InChI is InChI=1S/C13H11N3O2S/c1-7-5-19-6-10(7)12-15-13(18-16-12)9-3-2-8(14)4-11(9)17/h2-6,17H,14H2,1H3. The molecule has 3 rings (SSSR count). The zero-order chi connectivity index (χ0) is 13.4. The minimum Gasteiger partial charge on any atom is -0.507 e. The van der Waals surface area contributed by atoms with E-state index in [0.717, 1.165) is 11.1 Å². The molecule has 2 aromatic heterocycles. The van der Waals surface area contributed by atoms with E-state index in [0.29, 0.717) is 17.1 Å². The van der Waals surface area contributed by atoms with Gasteiger partial charge in [-0.05, 0) is 30.0 Å². The molecule has 0 aliphatic rings. The van der Waals surface area contributed by atoms with Crippen LogP contribution in [0.1, 0.15) is 5.56 Å². The van der Waals surface area contributed by atoms with E-state index in [4.69, 9.17) is 10.3 Å². The molecule has 0 unspecified atom stereocenters. The Morgan fingerprint density at radius 2 is 2.11 bits per heavy atom. The minimum absolute atomic E-state index is 0.0252. The molecule has 0 aliphatic heterocycles. The Bertz CT molecular complexity index is 733. The van der Waals surface area contributed by atoms with E-state index in [1.54, 1.807) is 23.5 Å². The highest BCUT2D eigenvalue weighted by Crippen LogP contribution is 2.32. The fourth-order valence-electron chi connectivity index (χ4n) is 1.76. The van der Waals surface area contributed by atoms with Gasteiger partial charge in [0.1, 0.15) is 5.75 Å². The molecule has 0 saturated heterocycles. The van der Waals surface area contributed by atoms with E-state index < -0.39 is 0 Å². The Hall–Kier alpha value is -2.34. The van der Waals surface area contributed by atoms with Crippen molar-refractivity contribution in [2.45, 2.75) is 6.92 Å². The average molecular weight is 273 g/mol. The summed E-state index contributed by atoms with van der Waals surface area (Å²) in [5.74, 6) is 0.820. The first kappa shape index (κ1) is 11.7. The van der Waals surface area contributed by atoms with Crippen LogP contribution in [0.5, 0.6) is 5.75 Å². The number of hydrogen-bond donors (Lipinski definition) is 2. The average Bonchev–Trinajstić information content (AvgIpc) is 2.97. The highest BCUT2D eigenvalue weighted by atomic mass is 32.1. The summed E-state index contributed by atoms with van der Waals surface area (Å²) in [5.41, 5.74) is 8.57. The number of anilines is 1. The molecular weight excluding hydrogens is 262 g/mol. The van der Waals surface area contributed by atoms with Crippen LogP contribution in [0.3, 0.4) is 0 Å². The maximum atomic E-state index is 9.83. The maximum absolute atomic E-state index is 9.83. The predicted octanol–water partition coefficient (Wildman–Crippen LogP) is 3.06. The number of phenols is 1. The van der Waals surface area contributed by atoms with Crippen LogP contribution < -0.4 is 5.73 Å². The predicted molar refractivity (Wildman–Crippen MR) is 73.9 cm³/mol. The number of aryl methyl sites for hydroxylation is 1. The third-order valence-corrected chi connectivity index (χ3v) is 3.64. The third kappa shape index (κ3) is 2.06. The second-order valence-corrected chi connectivity index (χ2v) is 4.91. The Morgan fingerprint density at radius 1 is 1.26 bits per heavy atom. The van der Waals surface area contributed by atoms with Crippen molar-refractivity contribution in [3.05, 3.63) is 34.5 Å². The molecule has 0 atom stereocenters. The highest BCUT2D eigenvalue weighted by molar-refractivity contribution is 7.08. The highest BCUT2D eigenvalue weighted by Gasteiger charge is 2.15. The fourth-order valence-corrected chi connectivity index (χ4v) is 2.59. The number of aromatic nitrogens is 2. The van der Waals surface area contributed by atoms with Crippen LogP contribution in [0.2, 0.25) is 0 Å². The van der Waals surface area contributed by atoms with Gasteiger partial charge in [0, 0.05) is 22.7 Å². The summed E-state index contributed by atoms with van der Waals surface area (Å²) in [4.78, 5) is 4.30. The molecule has 0 fully saturated rings. The minimum atomic E-state index is 0.0252. The van der Waals surface area contributed by atoms with E-state index in [9.17, 15) is 5.11 Å². The number of rotatable bonds is 2. The van der Waals surface area contributed by atoms with Crippen molar-refractivity contribution in [3.8, 4) is 28.6 Å². The summed E-state index contributed by atoms with van der Waals surface area (Å²) < 4.78 is 5.19. The lowest BCUT2D eigenvalue weighted by Gasteiger charge is -1.99. The summed E-state index contributed by atoms with van der Waals surface area (Å²) in [6, 6.07) is 4.78. The van der Waals surface area contributed by atoms with E-state index in [-0.39, 0.29) is 11.6 Å². The molecule has 0 radical (unpaired) electrons. The maximum Gasteiger partial charge on any atom is 0.262 e. The summed E-state index contributed by atoms with van der Waals surface area (Å²) in [7, 11) is 0. The molecule has 0 spiro atoms. The lowest BCUT2D eigenvalue weighted by Crippen LogP contribution is -1.86. The zero-order valence-corrected chi connectivity index (χ0v) is 10.9. The molecular formula is C13H11N3O2S. The van der Waals surface area contributed by atoms with Crippen molar-refractivity contribution >= 4 is 17.0 Å². The first-order chi connectivity index (χ1) is 9.15. The van der Waals surface area contributed by atoms with Gasteiger partial charge < -0.3 is 15.4 Å². The second kappa shape index (κ2) is 4.40. The largest absolute Gasteiger partial charge is 0.507 e. The van der Waals surface area contributed by atoms with Crippen molar-refractivity contribution in [3.63, 3.8) is 0 Å². The molecule has 5 nitrogen and oxygen atoms in total. The SMILES string of the molecule is Cc1cscc1-c1noc(-c2ccc(N)cc2O)n1. The molecule has 0 aliphatic carbocycles. The quantitative estimate of drug-likeness (QED) is 0.701. The second-order valence-electron chi connectivity index (χ2n) is 4.17. The van der Waals surface area contributed by atoms with Crippen molar-refractivity contribution in [2.24, 2.45) is 0 Å². The smallest absolute Gasteiger partial charge is 0.262 e. The fraction of sp³-hybridized carbons (Fsp3) is 0.0769. The number of benzene rings is 1. The van der Waals surface area contributed by atoms with Gasteiger partial charge in [-0.2, -0.15) is 16.3 Å². The zero-order valence-electron chi connectivity index (χ0n) is 10.1. The van der Waals surface area contributed by atoms with E-state index >= 15 is 0 Å². The van der Waals surface area contributed by atoms with Crippen LogP contribution >= 0.6 is 11.3 Å². The van der Waals surface area contributed by atoms with Gasteiger partial charge in [-0.3, -0.25) is 0 Å². The van der Waals surface area contributed by atoms with Gasteiger partial charge in [-0.15, -0.1) is 0 Å². The number of nitrogen functional groups attached to an aromatic ring is 1. The van der Waals surface area contributed by atoms with Gasteiger partial charge in [-0.1, -0.05) is 5.16 Å². The Balaban J connectivity index is 2.04. The third-order valence-electron chi connectivity index (χ3n) is 2.77. The Kier molecular flexibility index (Phi) is 2.72. The van der Waals surface area contributed by atoms with Gasteiger partial charge in [0.05, 0.1) is 5.56 Å². The number of thiophene rings is 1.